The maximum absolute atomic E-state index is 11.5. The van der Waals surface area contributed by atoms with Crippen molar-refractivity contribution in [1.29, 1.82) is 0 Å². The van der Waals surface area contributed by atoms with Gasteiger partial charge in [0.1, 0.15) is 5.76 Å². The van der Waals surface area contributed by atoms with Gasteiger partial charge >= 0.3 is 5.97 Å². The minimum absolute atomic E-state index is 0.122. The van der Waals surface area contributed by atoms with Gasteiger partial charge in [0, 0.05) is 6.04 Å². The molecule has 1 unspecified atom stereocenters. The van der Waals surface area contributed by atoms with E-state index in [0.717, 1.165) is 0 Å². The van der Waals surface area contributed by atoms with Gasteiger partial charge in [0.25, 0.3) is 5.91 Å². The molecule has 0 saturated heterocycles. The molecule has 0 saturated carbocycles. The first-order valence-corrected chi connectivity index (χ1v) is 4.43. The largest absolute Gasteiger partial charge is 0.481 e. The van der Waals surface area contributed by atoms with E-state index in [4.69, 9.17) is 9.52 Å². The highest BCUT2D eigenvalue weighted by molar-refractivity contribution is 5.93. The smallest absolute Gasteiger partial charge is 0.305 e. The summed E-state index contributed by atoms with van der Waals surface area (Å²) >= 11 is 0. The van der Waals surface area contributed by atoms with Gasteiger partial charge in [-0.15, -0.1) is 0 Å². The molecule has 0 fully saturated rings. The van der Waals surface area contributed by atoms with Crippen molar-refractivity contribution < 1.29 is 19.1 Å². The second-order valence-corrected chi connectivity index (χ2v) is 3.23. The summed E-state index contributed by atoms with van der Waals surface area (Å²) < 4.78 is 4.86. The Morgan fingerprint density at radius 1 is 1.67 bits per heavy atom. The van der Waals surface area contributed by atoms with Crippen LogP contribution in [0.25, 0.3) is 0 Å². The summed E-state index contributed by atoms with van der Waals surface area (Å²) in [6.07, 6.45) is 1.05. The molecule has 1 rings (SSSR count). The van der Waals surface area contributed by atoms with Crippen LogP contribution in [-0.4, -0.2) is 28.0 Å². The molecule has 0 aromatic carbocycles. The van der Waals surface area contributed by atoms with E-state index in [0.29, 0.717) is 5.76 Å². The highest BCUT2D eigenvalue weighted by atomic mass is 16.4. The van der Waals surface area contributed by atoms with Crippen LogP contribution >= 0.6 is 0 Å². The Balaban J connectivity index is 2.56. The lowest BCUT2D eigenvalue weighted by Crippen LogP contribution is -2.34. The van der Waals surface area contributed by atoms with Gasteiger partial charge in [0.2, 0.25) is 0 Å². The summed E-state index contributed by atoms with van der Waals surface area (Å²) in [6.45, 7) is 3.23. The molecule has 1 aromatic rings. The molecule has 15 heavy (non-hydrogen) atoms. The highest BCUT2D eigenvalue weighted by Gasteiger charge is 2.16. The Bertz CT molecular complexity index is 372. The molecule has 6 heteroatoms. The van der Waals surface area contributed by atoms with Crippen molar-refractivity contribution in [2.75, 3.05) is 0 Å². The normalized spacial score (nSPS) is 12.1. The monoisotopic (exact) mass is 212 g/mol. The predicted octanol–water partition coefficient (Wildman–Crippen LogP) is 0.576. The second-order valence-electron chi connectivity index (χ2n) is 3.23. The first kappa shape index (κ1) is 11.2. The quantitative estimate of drug-likeness (QED) is 0.761. The van der Waals surface area contributed by atoms with Gasteiger partial charge in [-0.2, -0.15) is 0 Å². The lowest BCUT2D eigenvalue weighted by atomic mass is 10.2. The number of nitrogens with zero attached hydrogens (tertiary/aromatic N) is 1. The zero-order valence-electron chi connectivity index (χ0n) is 8.48. The van der Waals surface area contributed by atoms with Crippen molar-refractivity contribution >= 4 is 11.9 Å². The van der Waals surface area contributed by atoms with Crippen molar-refractivity contribution in [3.05, 3.63) is 17.8 Å². The van der Waals surface area contributed by atoms with E-state index >= 15 is 0 Å². The number of carbonyl (C=O) groups is 2. The number of amides is 1. The molecule has 0 aliphatic carbocycles. The van der Waals surface area contributed by atoms with Crippen LogP contribution < -0.4 is 5.32 Å². The van der Waals surface area contributed by atoms with Crippen LogP contribution in [-0.2, 0) is 4.79 Å². The Hall–Kier alpha value is -1.85. The number of hydrogen-bond donors (Lipinski definition) is 2. The highest BCUT2D eigenvalue weighted by Crippen LogP contribution is 2.04. The second kappa shape index (κ2) is 4.59. The fourth-order valence-electron chi connectivity index (χ4n) is 1.13. The van der Waals surface area contributed by atoms with Crippen LogP contribution in [0.3, 0.4) is 0 Å². The molecule has 0 spiro atoms. The minimum atomic E-state index is -0.959. The van der Waals surface area contributed by atoms with Crippen LogP contribution in [0.5, 0.6) is 0 Å². The molecule has 6 nitrogen and oxygen atoms in total. The van der Waals surface area contributed by atoms with Gasteiger partial charge in [0.05, 0.1) is 6.42 Å². The maximum Gasteiger partial charge on any atom is 0.305 e. The van der Waals surface area contributed by atoms with E-state index < -0.39 is 17.9 Å². The van der Waals surface area contributed by atoms with Crippen molar-refractivity contribution in [3.63, 3.8) is 0 Å². The Labute approximate surface area is 86.3 Å². The number of aromatic nitrogens is 1. The molecule has 0 aliphatic heterocycles. The number of aryl methyl sites for hydroxylation is 1. The molecular weight excluding hydrogens is 200 g/mol. The van der Waals surface area contributed by atoms with Gasteiger partial charge in [0.15, 0.2) is 12.1 Å². The van der Waals surface area contributed by atoms with E-state index in [1.165, 1.54) is 6.39 Å². The number of oxazole rings is 1. The molecule has 2 N–H and O–H groups in total. The van der Waals surface area contributed by atoms with Crippen LogP contribution in [0.1, 0.15) is 29.6 Å². The summed E-state index contributed by atoms with van der Waals surface area (Å²) in [5.74, 6) is -0.968. The van der Waals surface area contributed by atoms with Crippen LogP contribution in [0.4, 0.5) is 0 Å². The maximum atomic E-state index is 11.5. The van der Waals surface area contributed by atoms with Crippen molar-refractivity contribution in [1.82, 2.24) is 10.3 Å². The summed E-state index contributed by atoms with van der Waals surface area (Å²) in [5.41, 5.74) is 0.187. The lowest BCUT2D eigenvalue weighted by molar-refractivity contribution is -0.137. The molecule has 0 bridgehead atoms. The zero-order chi connectivity index (χ0) is 11.4. The van der Waals surface area contributed by atoms with Gasteiger partial charge < -0.3 is 14.8 Å². The van der Waals surface area contributed by atoms with Crippen molar-refractivity contribution in [2.45, 2.75) is 26.3 Å². The first-order chi connectivity index (χ1) is 7.00. The summed E-state index contributed by atoms with van der Waals surface area (Å²) in [6, 6.07) is -0.439. The Morgan fingerprint density at radius 3 is 2.80 bits per heavy atom. The number of carboxylic acid groups (broad SMARTS) is 1. The number of carboxylic acids is 1. The third kappa shape index (κ3) is 3.08. The molecule has 1 amide bonds. The van der Waals surface area contributed by atoms with Crippen molar-refractivity contribution in [2.24, 2.45) is 0 Å². The Kier molecular flexibility index (Phi) is 3.43. The predicted molar refractivity (Wildman–Crippen MR) is 50.4 cm³/mol. The fraction of sp³-hybridized carbons (Fsp3) is 0.444. The number of hydrogen-bond acceptors (Lipinski definition) is 4. The van der Waals surface area contributed by atoms with Crippen LogP contribution in [0.2, 0.25) is 0 Å². The molecule has 0 aliphatic rings. The number of rotatable bonds is 4. The fourth-order valence-corrected chi connectivity index (χ4v) is 1.13. The molecule has 1 aromatic heterocycles. The zero-order valence-corrected chi connectivity index (χ0v) is 8.48. The minimum Gasteiger partial charge on any atom is -0.481 e. The van der Waals surface area contributed by atoms with Gasteiger partial charge in [-0.3, -0.25) is 9.59 Å². The number of nitrogens with one attached hydrogen (secondary N) is 1. The third-order valence-electron chi connectivity index (χ3n) is 1.82. The first-order valence-electron chi connectivity index (χ1n) is 4.43. The molecule has 1 heterocycles. The number of aliphatic carboxylic acids is 1. The molecule has 1 atom stereocenters. The van der Waals surface area contributed by atoms with Gasteiger partial charge in [-0.05, 0) is 13.8 Å². The van der Waals surface area contributed by atoms with Gasteiger partial charge in [-0.25, -0.2) is 4.98 Å². The molecule has 82 valence electrons. The average Bonchev–Trinajstić information content (AvgIpc) is 2.49. The SMILES string of the molecule is Cc1ocnc1C(=O)NC(C)CC(=O)O. The van der Waals surface area contributed by atoms with E-state index in [9.17, 15) is 9.59 Å². The van der Waals surface area contributed by atoms with Crippen molar-refractivity contribution in [3.8, 4) is 0 Å². The van der Waals surface area contributed by atoms with E-state index in [1.54, 1.807) is 13.8 Å². The third-order valence-corrected chi connectivity index (χ3v) is 1.82. The summed E-state index contributed by atoms with van der Waals surface area (Å²) in [4.78, 5) is 25.6. The average molecular weight is 212 g/mol. The molecular formula is C9H12N2O4. The summed E-state index contributed by atoms with van der Waals surface area (Å²) in [5, 5.41) is 11.0. The topological polar surface area (TPSA) is 92.4 Å². The van der Waals surface area contributed by atoms with E-state index in [-0.39, 0.29) is 12.1 Å². The standard InChI is InChI=1S/C9H12N2O4/c1-5(3-7(12)13)11-9(14)8-6(2)15-4-10-8/h4-5H,3H2,1-2H3,(H,11,14)(H,12,13). The van der Waals surface area contributed by atoms with Crippen LogP contribution in [0.15, 0.2) is 10.8 Å². The lowest BCUT2D eigenvalue weighted by Gasteiger charge is -2.09. The molecule has 0 radical (unpaired) electrons. The Morgan fingerprint density at radius 2 is 2.33 bits per heavy atom. The van der Waals surface area contributed by atoms with Gasteiger partial charge in [-0.1, -0.05) is 0 Å². The van der Waals surface area contributed by atoms with Crippen LogP contribution in [0, 0.1) is 6.92 Å². The van der Waals surface area contributed by atoms with E-state index in [2.05, 4.69) is 10.3 Å². The summed E-state index contributed by atoms with van der Waals surface area (Å²) in [7, 11) is 0. The van der Waals surface area contributed by atoms with E-state index in [1.807, 2.05) is 0 Å². The number of carbonyl (C=O) groups excluding carboxylic acids is 1.